The van der Waals surface area contributed by atoms with Crippen LogP contribution in [0.2, 0.25) is 20.1 Å². The number of rotatable bonds is 10. The molecule has 2 heterocycles. The molecule has 0 amide bonds. The Kier molecular flexibility index (Phi) is 15.8. The van der Waals surface area contributed by atoms with Crippen molar-refractivity contribution in [2.45, 2.75) is 37.0 Å². The normalized spacial score (nSPS) is 23.6. The van der Waals surface area contributed by atoms with Crippen molar-refractivity contribution in [3.05, 3.63) is 136 Å². The maximum atomic E-state index is 6.32. The molecule has 14 heteroatoms. The van der Waals surface area contributed by atoms with Gasteiger partial charge < -0.3 is 28.4 Å². The molecule has 2 aliphatic heterocycles. The average Bonchev–Trinajstić information content (AvgIpc) is 3.12. The third-order valence-corrected chi connectivity index (χ3v) is 11.5. The van der Waals surface area contributed by atoms with Crippen LogP contribution in [-0.4, -0.2) is 49.3 Å². The molecule has 50 heavy (non-hydrogen) atoms. The Balaban J connectivity index is 0.000000194. The van der Waals surface area contributed by atoms with E-state index in [0.29, 0.717) is 70.4 Å². The van der Waals surface area contributed by atoms with Crippen LogP contribution < -0.4 is 0 Å². The minimum atomic E-state index is -0.931. The van der Waals surface area contributed by atoms with Gasteiger partial charge in [-0.25, -0.2) is 0 Å². The first kappa shape index (κ1) is 40.9. The van der Waals surface area contributed by atoms with Crippen LogP contribution in [0.4, 0.5) is 0 Å². The van der Waals surface area contributed by atoms with E-state index in [1.807, 2.05) is 60.7 Å². The Labute approximate surface area is 345 Å². The zero-order valence-corrected chi connectivity index (χ0v) is 35.7. The fourth-order valence-electron chi connectivity index (χ4n) is 5.08. The highest BCUT2D eigenvalue weighted by Gasteiger charge is 2.41. The fraction of sp³-hybridized carbons (Fsp3) is 0.333. The molecule has 2 saturated heterocycles. The van der Waals surface area contributed by atoms with E-state index in [1.165, 1.54) is 0 Å². The van der Waals surface area contributed by atoms with Gasteiger partial charge in [-0.15, -0.1) is 0 Å². The molecule has 268 valence electrons. The molecule has 0 bridgehead atoms. The monoisotopic (exact) mass is 1020 g/mol. The Morgan fingerprint density at radius 2 is 0.880 bits per heavy atom. The van der Waals surface area contributed by atoms with E-state index in [1.54, 1.807) is 24.3 Å². The number of benzene rings is 4. The fourth-order valence-corrected chi connectivity index (χ4v) is 7.96. The van der Waals surface area contributed by atoms with E-state index in [4.69, 9.17) is 74.8 Å². The van der Waals surface area contributed by atoms with Gasteiger partial charge in [0, 0.05) is 30.1 Å². The number of halogens is 8. The summed E-state index contributed by atoms with van der Waals surface area (Å²) in [5, 5.41) is 3.10. The number of hydrogen-bond acceptors (Lipinski definition) is 6. The van der Waals surface area contributed by atoms with Crippen molar-refractivity contribution >= 4 is 110 Å². The number of alkyl halides is 2. The van der Waals surface area contributed by atoms with Gasteiger partial charge in [-0.05, 0) is 59.7 Å². The van der Waals surface area contributed by atoms with Gasteiger partial charge in [-0.3, -0.25) is 0 Å². The molecule has 6 nitrogen and oxygen atoms in total. The molecule has 0 atom stereocenters. The predicted octanol–water partition coefficient (Wildman–Crippen LogP) is 11.9. The quantitative estimate of drug-likeness (QED) is 0.148. The smallest absolute Gasteiger partial charge is 0.206 e. The van der Waals surface area contributed by atoms with Gasteiger partial charge in [0.1, 0.15) is 12.2 Å². The number of hydrogen-bond donors (Lipinski definition) is 0. The minimum Gasteiger partial charge on any atom is -0.369 e. The molecule has 4 aromatic rings. The summed E-state index contributed by atoms with van der Waals surface area (Å²) < 4.78 is 37.9. The summed E-state index contributed by atoms with van der Waals surface area (Å²) in [5.41, 5.74) is 3.70. The Hall–Kier alpha value is -0.280. The third kappa shape index (κ3) is 10.9. The zero-order chi connectivity index (χ0) is 35.7. The Bertz CT molecular complexity index is 1560. The topological polar surface area (TPSA) is 55.4 Å². The van der Waals surface area contributed by atoms with Gasteiger partial charge in [-0.2, -0.15) is 0 Å². The average molecular weight is 1020 g/mol. The lowest BCUT2D eigenvalue weighted by molar-refractivity contribution is -0.295. The molecule has 0 N–H and O–H groups in total. The second kappa shape index (κ2) is 19.4. The second-order valence-corrected chi connectivity index (χ2v) is 16.0. The third-order valence-electron chi connectivity index (χ3n) is 7.84. The lowest BCUT2D eigenvalue weighted by Gasteiger charge is -2.39. The highest BCUT2D eigenvalue weighted by molar-refractivity contribution is 9.11. The standard InChI is InChI=1S/2C18H16Br2Cl2O3/c2*19-11-18(16-6-5-14(21)7-17(16)22)24-9-15(10-25-18)23-8-12-1-3-13(20)4-2-12/h2*1-7,15H,8-11H2. The molecule has 2 fully saturated rings. The van der Waals surface area contributed by atoms with Crippen molar-refractivity contribution in [2.24, 2.45) is 0 Å². The van der Waals surface area contributed by atoms with Crippen molar-refractivity contribution in [2.75, 3.05) is 37.1 Å². The van der Waals surface area contributed by atoms with Crippen LogP contribution in [0.1, 0.15) is 22.3 Å². The van der Waals surface area contributed by atoms with E-state index in [0.717, 1.165) is 31.2 Å². The number of ether oxygens (including phenoxy) is 6. The zero-order valence-electron chi connectivity index (χ0n) is 26.4. The summed E-state index contributed by atoms with van der Waals surface area (Å²) in [5.74, 6) is -1.86. The summed E-state index contributed by atoms with van der Waals surface area (Å²) in [6.45, 7) is 2.69. The molecule has 4 aromatic carbocycles. The first-order valence-electron chi connectivity index (χ1n) is 15.4. The van der Waals surface area contributed by atoms with E-state index < -0.39 is 11.6 Å². The van der Waals surface area contributed by atoms with E-state index in [-0.39, 0.29) is 12.2 Å². The summed E-state index contributed by atoms with van der Waals surface area (Å²) >= 11 is 38.4. The predicted molar refractivity (Wildman–Crippen MR) is 213 cm³/mol. The van der Waals surface area contributed by atoms with Gasteiger partial charge in [-0.1, -0.05) is 147 Å². The van der Waals surface area contributed by atoms with Crippen LogP contribution in [0.25, 0.3) is 0 Å². The largest absolute Gasteiger partial charge is 0.369 e. The Morgan fingerprint density at radius 3 is 1.18 bits per heavy atom. The summed E-state index contributed by atoms with van der Waals surface area (Å²) in [6.07, 6.45) is -0.274. The van der Waals surface area contributed by atoms with Gasteiger partial charge >= 0.3 is 0 Å². The molecule has 6 rings (SSSR count). The lowest BCUT2D eigenvalue weighted by Crippen LogP contribution is -2.46. The molecule has 0 saturated carbocycles. The van der Waals surface area contributed by atoms with Crippen LogP contribution in [0, 0.1) is 0 Å². The van der Waals surface area contributed by atoms with Crippen LogP contribution >= 0.6 is 110 Å². The van der Waals surface area contributed by atoms with Crippen LogP contribution in [0.15, 0.2) is 93.9 Å². The summed E-state index contributed by atoms with van der Waals surface area (Å²) in [4.78, 5) is 0. The molecule has 0 radical (unpaired) electrons. The summed E-state index contributed by atoms with van der Waals surface area (Å²) in [6, 6.07) is 26.6. The maximum Gasteiger partial charge on any atom is 0.206 e. The van der Waals surface area contributed by atoms with Gasteiger partial charge in [0.15, 0.2) is 0 Å². The van der Waals surface area contributed by atoms with E-state index >= 15 is 0 Å². The first-order valence-corrected chi connectivity index (χ1v) is 20.7. The van der Waals surface area contributed by atoms with Crippen molar-refractivity contribution in [1.82, 2.24) is 0 Å². The van der Waals surface area contributed by atoms with Crippen molar-refractivity contribution in [3.8, 4) is 0 Å². The molecule has 0 spiro atoms. The van der Waals surface area contributed by atoms with E-state index in [2.05, 4.69) is 63.7 Å². The molecule has 2 aliphatic rings. The molecule has 0 aromatic heterocycles. The van der Waals surface area contributed by atoms with Gasteiger partial charge in [0.25, 0.3) is 0 Å². The molecule has 0 aliphatic carbocycles. The maximum absolute atomic E-state index is 6.32. The molecule has 0 unspecified atom stereocenters. The highest BCUT2D eigenvalue weighted by atomic mass is 79.9. The van der Waals surface area contributed by atoms with Crippen molar-refractivity contribution in [3.63, 3.8) is 0 Å². The van der Waals surface area contributed by atoms with E-state index in [9.17, 15) is 0 Å². The lowest BCUT2D eigenvalue weighted by atomic mass is 10.1. The SMILES string of the molecule is Clc1ccc(C2(CBr)OCC(OCc3ccc(Br)cc3)CO2)c(Cl)c1.Clc1ccc(C2(CBr)OCC(OCc3ccc(Br)cc3)CO2)c(Cl)c1. The van der Waals surface area contributed by atoms with Crippen molar-refractivity contribution in [1.29, 1.82) is 0 Å². The minimum absolute atomic E-state index is 0.137. The highest BCUT2D eigenvalue weighted by Crippen LogP contribution is 2.40. The van der Waals surface area contributed by atoms with Gasteiger partial charge in [0.2, 0.25) is 11.6 Å². The van der Waals surface area contributed by atoms with Crippen LogP contribution in [-0.2, 0) is 53.2 Å². The first-order chi connectivity index (χ1) is 24.0. The van der Waals surface area contributed by atoms with Crippen LogP contribution in [0.3, 0.4) is 0 Å². The van der Waals surface area contributed by atoms with Crippen molar-refractivity contribution < 1.29 is 28.4 Å². The Morgan fingerprint density at radius 1 is 0.540 bits per heavy atom. The van der Waals surface area contributed by atoms with Crippen LogP contribution in [0.5, 0.6) is 0 Å². The second-order valence-electron chi connectivity index (χ2n) is 11.4. The molecular formula is C36H32Br4Cl4O6. The molecular weight excluding hydrogens is 990 g/mol. The van der Waals surface area contributed by atoms with Gasteiger partial charge in [0.05, 0.1) is 60.3 Å². The summed E-state index contributed by atoms with van der Waals surface area (Å²) in [7, 11) is 0.